The largest absolute Gasteiger partial charge is 0.478 e. The summed E-state index contributed by atoms with van der Waals surface area (Å²) in [7, 11) is 1.81. The molecule has 0 unspecified atom stereocenters. The highest BCUT2D eigenvalue weighted by molar-refractivity contribution is 7.99. The van der Waals surface area contributed by atoms with Crippen molar-refractivity contribution in [1.82, 2.24) is 14.8 Å². The molecule has 0 aliphatic heterocycles. The minimum atomic E-state index is -1.04. The normalized spacial score (nSPS) is 10.5. The van der Waals surface area contributed by atoms with Crippen LogP contribution in [0, 0.1) is 0 Å². The standard InChI is InChI=1S/C10H8ClN3O2S/c1-14-5-7(4-13-14)17-9-8(11)2-6(3-12-9)10(15)16/h2-5H,1H3,(H,15,16). The molecule has 0 fully saturated rings. The lowest BCUT2D eigenvalue weighted by molar-refractivity contribution is 0.0696. The molecule has 0 spiro atoms. The number of hydrogen-bond acceptors (Lipinski definition) is 4. The molecule has 17 heavy (non-hydrogen) atoms. The third-order valence-corrected chi connectivity index (χ3v) is 3.32. The molecule has 0 saturated carbocycles. The Hall–Kier alpha value is -1.53. The Labute approximate surface area is 106 Å². The lowest BCUT2D eigenvalue weighted by atomic mass is 10.3. The molecule has 2 heterocycles. The second-order valence-corrected chi connectivity index (χ2v) is 4.74. The Balaban J connectivity index is 2.25. The second-order valence-electron chi connectivity index (χ2n) is 3.27. The van der Waals surface area contributed by atoms with Crippen LogP contribution in [0.25, 0.3) is 0 Å². The maximum absolute atomic E-state index is 10.7. The summed E-state index contributed by atoms with van der Waals surface area (Å²) in [5, 5.41) is 13.7. The monoisotopic (exact) mass is 269 g/mol. The lowest BCUT2D eigenvalue weighted by Crippen LogP contribution is -1.97. The molecule has 2 aromatic rings. The van der Waals surface area contributed by atoms with Gasteiger partial charge in [0, 0.05) is 19.4 Å². The van der Waals surface area contributed by atoms with Crippen LogP contribution in [0.15, 0.2) is 34.6 Å². The van der Waals surface area contributed by atoms with Crippen molar-refractivity contribution >= 4 is 29.3 Å². The summed E-state index contributed by atoms with van der Waals surface area (Å²) in [6.07, 6.45) is 4.80. The van der Waals surface area contributed by atoms with Crippen LogP contribution in [0.5, 0.6) is 0 Å². The number of hydrogen-bond donors (Lipinski definition) is 1. The Morgan fingerprint density at radius 1 is 1.53 bits per heavy atom. The Morgan fingerprint density at radius 3 is 2.82 bits per heavy atom. The summed E-state index contributed by atoms with van der Waals surface area (Å²) in [6.45, 7) is 0. The van der Waals surface area contributed by atoms with Crippen molar-refractivity contribution < 1.29 is 9.90 Å². The van der Waals surface area contributed by atoms with Crippen LogP contribution in [0.4, 0.5) is 0 Å². The Kier molecular flexibility index (Phi) is 3.35. The van der Waals surface area contributed by atoms with Crippen LogP contribution in [0.3, 0.4) is 0 Å². The van der Waals surface area contributed by atoms with Crippen molar-refractivity contribution in [2.75, 3.05) is 0 Å². The third-order valence-electron chi connectivity index (χ3n) is 1.95. The van der Waals surface area contributed by atoms with Gasteiger partial charge in [-0.05, 0) is 6.07 Å². The van der Waals surface area contributed by atoms with E-state index in [1.807, 2.05) is 13.2 Å². The van der Waals surface area contributed by atoms with Crippen LogP contribution in [-0.2, 0) is 7.05 Å². The molecule has 0 atom stereocenters. The summed E-state index contributed by atoms with van der Waals surface area (Å²) in [5.41, 5.74) is 0.0746. The van der Waals surface area contributed by atoms with Gasteiger partial charge in [0.15, 0.2) is 0 Å². The smallest absolute Gasteiger partial charge is 0.337 e. The predicted octanol–water partition coefficient (Wildman–Crippen LogP) is 2.32. The van der Waals surface area contributed by atoms with Gasteiger partial charge in [0.25, 0.3) is 0 Å². The van der Waals surface area contributed by atoms with Gasteiger partial charge in [-0.3, -0.25) is 4.68 Å². The fourth-order valence-corrected chi connectivity index (χ4v) is 2.25. The SMILES string of the molecule is Cn1cc(Sc2ncc(C(=O)O)cc2Cl)cn1. The molecule has 1 N–H and O–H groups in total. The zero-order valence-electron chi connectivity index (χ0n) is 8.79. The molecule has 0 aliphatic rings. The van der Waals surface area contributed by atoms with E-state index < -0.39 is 5.97 Å². The topological polar surface area (TPSA) is 68.0 Å². The summed E-state index contributed by atoms with van der Waals surface area (Å²) >= 11 is 7.29. The van der Waals surface area contributed by atoms with Gasteiger partial charge in [0.05, 0.1) is 21.7 Å². The quantitative estimate of drug-likeness (QED) is 0.926. The molecule has 88 valence electrons. The first-order valence-corrected chi connectivity index (χ1v) is 5.81. The van der Waals surface area contributed by atoms with Gasteiger partial charge < -0.3 is 5.11 Å². The van der Waals surface area contributed by atoms with E-state index >= 15 is 0 Å². The highest BCUT2D eigenvalue weighted by Gasteiger charge is 2.10. The van der Waals surface area contributed by atoms with E-state index in [9.17, 15) is 4.79 Å². The van der Waals surface area contributed by atoms with Crippen molar-refractivity contribution in [1.29, 1.82) is 0 Å². The molecule has 0 aromatic carbocycles. The number of carboxylic acid groups (broad SMARTS) is 1. The van der Waals surface area contributed by atoms with Crippen molar-refractivity contribution in [3.63, 3.8) is 0 Å². The maximum Gasteiger partial charge on any atom is 0.337 e. The van der Waals surface area contributed by atoms with E-state index in [0.717, 1.165) is 4.90 Å². The molecule has 2 rings (SSSR count). The number of carbonyl (C=O) groups is 1. The van der Waals surface area contributed by atoms with Gasteiger partial charge in [0.2, 0.25) is 0 Å². The second kappa shape index (κ2) is 4.77. The summed E-state index contributed by atoms with van der Waals surface area (Å²) in [6, 6.07) is 1.38. The van der Waals surface area contributed by atoms with Crippen LogP contribution < -0.4 is 0 Å². The van der Waals surface area contributed by atoms with E-state index in [1.165, 1.54) is 24.0 Å². The van der Waals surface area contributed by atoms with Gasteiger partial charge in [-0.1, -0.05) is 23.4 Å². The zero-order chi connectivity index (χ0) is 12.4. The average molecular weight is 270 g/mol. The fourth-order valence-electron chi connectivity index (χ4n) is 1.18. The number of rotatable bonds is 3. The van der Waals surface area contributed by atoms with Gasteiger partial charge >= 0.3 is 5.97 Å². The van der Waals surface area contributed by atoms with Crippen LogP contribution in [0.2, 0.25) is 5.02 Å². The molecule has 0 aliphatic carbocycles. The number of aryl methyl sites for hydroxylation is 1. The molecule has 2 aromatic heterocycles. The highest BCUT2D eigenvalue weighted by atomic mass is 35.5. The minimum absolute atomic E-state index is 0.0746. The first-order valence-electron chi connectivity index (χ1n) is 4.61. The number of aromatic carboxylic acids is 1. The van der Waals surface area contributed by atoms with Crippen LogP contribution in [0.1, 0.15) is 10.4 Å². The third kappa shape index (κ3) is 2.78. The number of pyridine rings is 1. The van der Waals surface area contributed by atoms with E-state index in [4.69, 9.17) is 16.7 Å². The number of nitrogens with zero attached hydrogens (tertiary/aromatic N) is 3. The summed E-state index contributed by atoms with van der Waals surface area (Å²) in [4.78, 5) is 15.6. The highest BCUT2D eigenvalue weighted by Crippen LogP contribution is 2.31. The van der Waals surface area contributed by atoms with E-state index in [-0.39, 0.29) is 5.56 Å². The predicted molar refractivity (Wildman–Crippen MR) is 63.5 cm³/mol. The number of halogens is 1. The average Bonchev–Trinajstić information content (AvgIpc) is 2.67. The molecular weight excluding hydrogens is 262 g/mol. The molecule has 0 amide bonds. The zero-order valence-corrected chi connectivity index (χ0v) is 10.4. The molecule has 0 bridgehead atoms. The number of aromatic nitrogens is 3. The maximum atomic E-state index is 10.7. The molecule has 0 saturated heterocycles. The molecule has 7 heteroatoms. The molecule has 0 radical (unpaired) electrons. The molecular formula is C10H8ClN3O2S. The fraction of sp³-hybridized carbons (Fsp3) is 0.100. The summed E-state index contributed by atoms with van der Waals surface area (Å²) in [5.74, 6) is -1.04. The van der Waals surface area contributed by atoms with Gasteiger partial charge in [0.1, 0.15) is 5.03 Å². The Bertz CT molecular complexity index is 570. The van der Waals surface area contributed by atoms with Crippen molar-refractivity contribution in [3.05, 3.63) is 35.2 Å². The van der Waals surface area contributed by atoms with Gasteiger partial charge in [-0.2, -0.15) is 5.10 Å². The van der Waals surface area contributed by atoms with Crippen molar-refractivity contribution in [2.45, 2.75) is 9.92 Å². The minimum Gasteiger partial charge on any atom is -0.478 e. The Morgan fingerprint density at radius 2 is 2.29 bits per heavy atom. The van der Waals surface area contributed by atoms with Crippen molar-refractivity contribution in [3.8, 4) is 0 Å². The van der Waals surface area contributed by atoms with Gasteiger partial charge in [-0.25, -0.2) is 9.78 Å². The van der Waals surface area contributed by atoms with E-state index in [2.05, 4.69) is 10.1 Å². The first kappa shape index (κ1) is 11.9. The van der Waals surface area contributed by atoms with Crippen LogP contribution in [-0.4, -0.2) is 25.8 Å². The molecule has 5 nitrogen and oxygen atoms in total. The lowest BCUT2D eigenvalue weighted by Gasteiger charge is -2.01. The summed E-state index contributed by atoms with van der Waals surface area (Å²) < 4.78 is 1.67. The van der Waals surface area contributed by atoms with Crippen LogP contribution >= 0.6 is 23.4 Å². The van der Waals surface area contributed by atoms with E-state index in [0.29, 0.717) is 10.0 Å². The van der Waals surface area contributed by atoms with E-state index in [1.54, 1.807) is 10.9 Å². The first-order chi connectivity index (χ1) is 8.06. The van der Waals surface area contributed by atoms with Gasteiger partial charge in [-0.15, -0.1) is 0 Å². The van der Waals surface area contributed by atoms with Crippen molar-refractivity contribution in [2.24, 2.45) is 7.05 Å². The number of carboxylic acids is 1.